The average Bonchev–Trinajstić information content (AvgIpc) is 1.83. The second kappa shape index (κ2) is 2.89. The van der Waals surface area contributed by atoms with Crippen LogP contribution in [0.3, 0.4) is 0 Å². The lowest BCUT2D eigenvalue weighted by Gasteiger charge is -2.28. The van der Waals surface area contributed by atoms with Gasteiger partial charge in [-0.05, 0) is 25.2 Å². The van der Waals surface area contributed by atoms with Crippen LogP contribution in [0.4, 0.5) is 0 Å². The molecule has 0 aromatic heterocycles. The molecule has 0 bridgehead atoms. The molecule has 0 aromatic carbocycles. The van der Waals surface area contributed by atoms with Crippen LogP contribution in [0.25, 0.3) is 0 Å². The molecule has 1 fully saturated rings. The summed E-state index contributed by atoms with van der Waals surface area (Å²) in [7, 11) is 0. The van der Waals surface area contributed by atoms with Gasteiger partial charge in [0.25, 0.3) is 0 Å². The number of rotatable bonds is 0. The van der Waals surface area contributed by atoms with Crippen LogP contribution in [0.15, 0.2) is 0 Å². The van der Waals surface area contributed by atoms with E-state index in [0.29, 0.717) is 5.92 Å². The number of hydrogen-bond acceptors (Lipinski definition) is 1. The molecule has 54 valence electrons. The quantitative estimate of drug-likeness (QED) is 0.520. The molecule has 1 aliphatic carbocycles. The molecule has 0 aliphatic heterocycles. The van der Waals surface area contributed by atoms with Crippen molar-refractivity contribution in [2.45, 2.75) is 37.7 Å². The summed E-state index contributed by atoms with van der Waals surface area (Å²) >= 11 is 5.90. The van der Waals surface area contributed by atoms with Crippen molar-refractivity contribution in [2.75, 3.05) is 0 Å². The third-order valence-corrected chi connectivity index (χ3v) is 2.77. The summed E-state index contributed by atoms with van der Waals surface area (Å²) in [6.07, 6.45) is 2.94. The SMILES string of the molecule is CC1C(O)CCCC1Cl. The lowest BCUT2D eigenvalue weighted by molar-refractivity contribution is 0.0819. The number of halogens is 1. The Balaban J connectivity index is 2.41. The van der Waals surface area contributed by atoms with Crippen LogP contribution in [-0.4, -0.2) is 16.6 Å². The number of alkyl halides is 1. The van der Waals surface area contributed by atoms with Gasteiger partial charge in [0.1, 0.15) is 0 Å². The predicted octanol–water partition coefficient (Wildman–Crippen LogP) is 1.77. The van der Waals surface area contributed by atoms with Gasteiger partial charge in [-0.25, -0.2) is 0 Å². The fourth-order valence-electron chi connectivity index (χ4n) is 1.29. The minimum Gasteiger partial charge on any atom is -0.393 e. The molecule has 0 heterocycles. The highest BCUT2D eigenvalue weighted by atomic mass is 35.5. The van der Waals surface area contributed by atoms with Crippen molar-refractivity contribution in [3.05, 3.63) is 0 Å². The summed E-state index contributed by atoms with van der Waals surface area (Å²) in [6.45, 7) is 2.02. The van der Waals surface area contributed by atoms with E-state index >= 15 is 0 Å². The molecule has 1 rings (SSSR count). The summed E-state index contributed by atoms with van der Waals surface area (Å²) in [5.41, 5.74) is 0. The maximum absolute atomic E-state index is 9.26. The zero-order valence-corrected chi connectivity index (χ0v) is 6.43. The molecule has 3 atom stereocenters. The molecule has 1 N–H and O–H groups in total. The van der Waals surface area contributed by atoms with E-state index in [-0.39, 0.29) is 11.5 Å². The Morgan fingerprint density at radius 2 is 2.11 bits per heavy atom. The van der Waals surface area contributed by atoms with E-state index < -0.39 is 0 Å². The van der Waals surface area contributed by atoms with Crippen LogP contribution in [0, 0.1) is 5.92 Å². The van der Waals surface area contributed by atoms with E-state index in [1.165, 1.54) is 0 Å². The van der Waals surface area contributed by atoms with Gasteiger partial charge < -0.3 is 5.11 Å². The fourth-order valence-corrected chi connectivity index (χ4v) is 1.61. The second-order valence-corrected chi connectivity index (χ2v) is 3.43. The Morgan fingerprint density at radius 1 is 1.44 bits per heavy atom. The highest BCUT2D eigenvalue weighted by Gasteiger charge is 2.26. The molecular weight excluding hydrogens is 136 g/mol. The number of aliphatic hydroxyl groups is 1. The first-order chi connectivity index (χ1) is 4.22. The molecule has 1 saturated carbocycles. The Morgan fingerprint density at radius 3 is 2.56 bits per heavy atom. The van der Waals surface area contributed by atoms with Gasteiger partial charge in [-0.1, -0.05) is 6.92 Å². The molecule has 1 nitrogen and oxygen atoms in total. The summed E-state index contributed by atoms with van der Waals surface area (Å²) in [4.78, 5) is 0. The van der Waals surface area contributed by atoms with E-state index in [2.05, 4.69) is 0 Å². The minimum absolute atomic E-state index is 0.152. The maximum Gasteiger partial charge on any atom is 0.0579 e. The van der Waals surface area contributed by atoms with E-state index in [1.54, 1.807) is 0 Å². The van der Waals surface area contributed by atoms with Crippen LogP contribution in [-0.2, 0) is 0 Å². The van der Waals surface area contributed by atoms with Gasteiger partial charge in [0.15, 0.2) is 0 Å². The normalized spacial score (nSPS) is 45.0. The van der Waals surface area contributed by atoms with Crippen molar-refractivity contribution in [3.63, 3.8) is 0 Å². The lowest BCUT2D eigenvalue weighted by atomic mass is 9.88. The first-order valence-electron chi connectivity index (χ1n) is 3.54. The minimum atomic E-state index is -0.152. The Hall–Kier alpha value is 0.250. The van der Waals surface area contributed by atoms with Gasteiger partial charge >= 0.3 is 0 Å². The molecular formula is C7H13ClO. The smallest absolute Gasteiger partial charge is 0.0579 e. The van der Waals surface area contributed by atoms with Crippen LogP contribution in [0.2, 0.25) is 0 Å². The largest absolute Gasteiger partial charge is 0.393 e. The highest BCUT2D eigenvalue weighted by Crippen LogP contribution is 2.28. The zero-order chi connectivity index (χ0) is 6.85. The summed E-state index contributed by atoms with van der Waals surface area (Å²) in [5.74, 6) is 0.292. The third-order valence-electron chi connectivity index (χ3n) is 2.16. The van der Waals surface area contributed by atoms with E-state index in [9.17, 15) is 5.11 Å². The molecule has 2 heteroatoms. The topological polar surface area (TPSA) is 20.2 Å². The van der Waals surface area contributed by atoms with Crippen molar-refractivity contribution in [3.8, 4) is 0 Å². The van der Waals surface area contributed by atoms with Gasteiger partial charge in [-0.15, -0.1) is 11.6 Å². The first kappa shape index (κ1) is 7.36. The fraction of sp³-hybridized carbons (Fsp3) is 1.00. The predicted molar refractivity (Wildman–Crippen MR) is 38.7 cm³/mol. The van der Waals surface area contributed by atoms with Crippen molar-refractivity contribution in [1.82, 2.24) is 0 Å². The zero-order valence-electron chi connectivity index (χ0n) is 5.68. The van der Waals surface area contributed by atoms with Crippen molar-refractivity contribution >= 4 is 11.6 Å². The molecule has 0 radical (unpaired) electrons. The number of aliphatic hydroxyl groups excluding tert-OH is 1. The van der Waals surface area contributed by atoms with Gasteiger partial charge in [-0.2, -0.15) is 0 Å². The molecule has 0 aromatic rings. The van der Waals surface area contributed by atoms with Crippen LogP contribution < -0.4 is 0 Å². The van der Waals surface area contributed by atoms with Crippen molar-refractivity contribution in [1.29, 1.82) is 0 Å². The molecule has 0 saturated heterocycles. The lowest BCUT2D eigenvalue weighted by Crippen LogP contribution is -2.30. The number of hydrogen-bond donors (Lipinski definition) is 1. The molecule has 0 spiro atoms. The Kier molecular flexibility index (Phi) is 2.36. The van der Waals surface area contributed by atoms with E-state index in [1.807, 2.05) is 6.92 Å². The molecule has 0 amide bonds. The van der Waals surface area contributed by atoms with E-state index in [4.69, 9.17) is 11.6 Å². The van der Waals surface area contributed by atoms with Crippen LogP contribution in [0.5, 0.6) is 0 Å². The average molecular weight is 149 g/mol. The first-order valence-corrected chi connectivity index (χ1v) is 3.97. The summed E-state index contributed by atoms with van der Waals surface area (Å²) < 4.78 is 0. The van der Waals surface area contributed by atoms with Crippen molar-refractivity contribution < 1.29 is 5.11 Å². The van der Waals surface area contributed by atoms with E-state index in [0.717, 1.165) is 19.3 Å². The highest BCUT2D eigenvalue weighted by molar-refractivity contribution is 6.20. The Bertz CT molecular complexity index is 84.9. The second-order valence-electron chi connectivity index (χ2n) is 2.87. The molecule has 1 aliphatic rings. The van der Waals surface area contributed by atoms with Gasteiger partial charge in [-0.3, -0.25) is 0 Å². The monoisotopic (exact) mass is 148 g/mol. The molecule has 9 heavy (non-hydrogen) atoms. The summed E-state index contributed by atoms with van der Waals surface area (Å²) in [5, 5.41) is 9.47. The third kappa shape index (κ3) is 1.59. The molecule has 3 unspecified atom stereocenters. The Labute approximate surface area is 61.0 Å². The maximum atomic E-state index is 9.26. The van der Waals surface area contributed by atoms with Crippen LogP contribution >= 0.6 is 11.6 Å². The summed E-state index contributed by atoms with van der Waals surface area (Å²) in [6, 6.07) is 0. The van der Waals surface area contributed by atoms with Gasteiger partial charge in [0, 0.05) is 5.38 Å². The van der Waals surface area contributed by atoms with Crippen molar-refractivity contribution in [2.24, 2.45) is 5.92 Å². The van der Waals surface area contributed by atoms with Crippen LogP contribution in [0.1, 0.15) is 26.2 Å². The van der Waals surface area contributed by atoms with Gasteiger partial charge in [0.05, 0.1) is 6.10 Å². The van der Waals surface area contributed by atoms with Gasteiger partial charge in [0.2, 0.25) is 0 Å². The standard InChI is InChI=1S/C7H13ClO/c1-5-6(8)3-2-4-7(5)9/h5-7,9H,2-4H2,1H3.